The van der Waals surface area contributed by atoms with E-state index in [0.29, 0.717) is 4.47 Å². The Balaban J connectivity index is 2.27. The topological polar surface area (TPSA) is 30.0 Å². The van der Waals surface area contributed by atoms with Gasteiger partial charge in [0.25, 0.3) is 0 Å². The molecular formula is C13H9BrFNO. The molecule has 17 heavy (non-hydrogen) atoms. The molecule has 1 aromatic heterocycles. The molecule has 2 nitrogen and oxygen atoms in total. The number of hydrogen-bond donors (Lipinski definition) is 0. The van der Waals surface area contributed by atoms with Crippen molar-refractivity contribution in [2.75, 3.05) is 0 Å². The third-order valence-electron chi connectivity index (χ3n) is 2.33. The van der Waals surface area contributed by atoms with Crippen LogP contribution in [-0.4, -0.2) is 10.8 Å². The molecule has 2 aromatic rings. The normalized spacial score (nSPS) is 10.2. The zero-order valence-corrected chi connectivity index (χ0v) is 10.4. The van der Waals surface area contributed by atoms with Crippen molar-refractivity contribution in [1.82, 2.24) is 4.98 Å². The van der Waals surface area contributed by atoms with Gasteiger partial charge in [0.15, 0.2) is 5.78 Å². The SMILES string of the molecule is O=C(Cc1cccnc1)c1c(F)cccc1Br. The van der Waals surface area contributed by atoms with Crippen LogP contribution in [0.4, 0.5) is 4.39 Å². The molecule has 86 valence electrons. The third kappa shape index (κ3) is 2.77. The van der Waals surface area contributed by atoms with Crippen LogP contribution in [0.2, 0.25) is 0 Å². The van der Waals surface area contributed by atoms with Crippen molar-refractivity contribution >= 4 is 21.7 Å². The Morgan fingerprint density at radius 2 is 2.12 bits per heavy atom. The predicted molar refractivity (Wildman–Crippen MR) is 66.4 cm³/mol. The van der Waals surface area contributed by atoms with E-state index in [-0.39, 0.29) is 17.8 Å². The number of rotatable bonds is 3. The molecule has 0 aliphatic rings. The molecule has 0 aliphatic carbocycles. The number of Topliss-reactive ketones (excluding diaryl/α,β-unsaturated/α-hetero) is 1. The van der Waals surface area contributed by atoms with Crippen LogP contribution in [0.15, 0.2) is 47.2 Å². The molecule has 0 saturated carbocycles. The van der Waals surface area contributed by atoms with Gasteiger partial charge < -0.3 is 0 Å². The van der Waals surface area contributed by atoms with Gasteiger partial charge in [0.2, 0.25) is 0 Å². The summed E-state index contributed by atoms with van der Waals surface area (Å²) >= 11 is 3.18. The van der Waals surface area contributed by atoms with E-state index in [1.54, 1.807) is 36.7 Å². The largest absolute Gasteiger partial charge is 0.294 e. The minimum atomic E-state index is -0.506. The first kappa shape index (κ1) is 11.9. The zero-order chi connectivity index (χ0) is 12.3. The molecule has 0 bridgehead atoms. The van der Waals surface area contributed by atoms with Gasteiger partial charge in [-0.2, -0.15) is 0 Å². The molecule has 0 aliphatic heterocycles. The van der Waals surface area contributed by atoms with Crippen LogP contribution in [0.3, 0.4) is 0 Å². The summed E-state index contributed by atoms with van der Waals surface area (Å²) in [6.07, 6.45) is 3.38. The maximum atomic E-state index is 13.5. The van der Waals surface area contributed by atoms with Gasteiger partial charge in [0.1, 0.15) is 5.82 Å². The van der Waals surface area contributed by atoms with E-state index in [1.165, 1.54) is 6.07 Å². The number of ketones is 1. The lowest BCUT2D eigenvalue weighted by molar-refractivity contribution is 0.0988. The quantitative estimate of drug-likeness (QED) is 0.812. The summed E-state index contributed by atoms with van der Waals surface area (Å²) in [5.74, 6) is -0.767. The molecule has 0 unspecified atom stereocenters. The summed E-state index contributed by atoms with van der Waals surface area (Å²) in [4.78, 5) is 15.9. The molecule has 0 radical (unpaired) electrons. The van der Waals surface area contributed by atoms with Gasteiger partial charge in [-0.1, -0.05) is 12.1 Å². The molecule has 0 fully saturated rings. The number of aromatic nitrogens is 1. The zero-order valence-electron chi connectivity index (χ0n) is 8.86. The third-order valence-corrected chi connectivity index (χ3v) is 2.99. The fraction of sp³-hybridized carbons (Fsp3) is 0.0769. The van der Waals surface area contributed by atoms with Crippen LogP contribution in [0.1, 0.15) is 15.9 Å². The lowest BCUT2D eigenvalue weighted by Crippen LogP contribution is -2.07. The fourth-order valence-corrected chi connectivity index (χ4v) is 2.10. The number of nitrogens with zero attached hydrogens (tertiary/aromatic N) is 1. The van der Waals surface area contributed by atoms with E-state index in [9.17, 15) is 9.18 Å². The molecule has 0 saturated heterocycles. The van der Waals surface area contributed by atoms with Crippen molar-refractivity contribution in [1.29, 1.82) is 0 Å². The summed E-state index contributed by atoms with van der Waals surface area (Å²) in [7, 11) is 0. The Morgan fingerprint density at radius 1 is 1.29 bits per heavy atom. The van der Waals surface area contributed by atoms with Crippen LogP contribution in [-0.2, 0) is 6.42 Å². The number of benzene rings is 1. The summed E-state index contributed by atoms with van der Waals surface area (Å²) < 4.78 is 14.0. The monoisotopic (exact) mass is 293 g/mol. The Hall–Kier alpha value is -1.55. The highest BCUT2D eigenvalue weighted by Gasteiger charge is 2.15. The van der Waals surface area contributed by atoms with Crippen molar-refractivity contribution in [3.05, 3.63) is 64.1 Å². The number of pyridine rings is 1. The van der Waals surface area contributed by atoms with E-state index < -0.39 is 5.82 Å². The Morgan fingerprint density at radius 3 is 2.76 bits per heavy atom. The van der Waals surface area contributed by atoms with Gasteiger partial charge in [-0.05, 0) is 39.7 Å². The number of halogens is 2. The summed E-state index contributed by atoms with van der Waals surface area (Å²) in [5, 5.41) is 0. The van der Waals surface area contributed by atoms with Gasteiger partial charge in [0, 0.05) is 23.3 Å². The number of hydrogen-bond acceptors (Lipinski definition) is 2. The standard InChI is InChI=1S/C13H9BrFNO/c14-10-4-1-5-11(15)13(10)12(17)7-9-3-2-6-16-8-9/h1-6,8H,7H2. The van der Waals surface area contributed by atoms with Crippen molar-refractivity contribution < 1.29 is 9.18 Å². The molecule has 1 aromatic carbocycles. The lowest BCUT2D eigenvalue weighted by Gasteiger charge is -2.04. The molecule has 0 N–H and O–H groups in total. The first-order valence-electron chi connectivity index (χ1n) is 5.04. The average Bonchev–Trinajstić information content (AvgIpc) is 2.30. The van der Waals surface area contributed by atoms with E-state index in [1.807, 2.05) is 0 Å². The summed E-state index contributed by atoms with van der Waals surface area (Å²) in [5.41, 5.74) is 0.865. The van der Waals surface area contributed by atoms with Crippen LogP contribution in [0.5, 0.6) is 0 Å². The number of carbonyl (C=O) groups is 1. The number of carbonyl (C=O) groups excluding carboxylic acids is 1. The Labute approximate surface area is 107 Å². The second kappa shape index (κ2) is 5.19. The second-order valence-corrected chi connectivity index (χ2v) is 4.41. The highest BCUT2D eigenvalue weighted by molar-refractivity contribution is 9.10. The van der Waals surface area contributed by atoms with Gasteiger partial charge >= 0.3 is 0 Å². The minimum absolute atomic E-state index is 0.0938. The van der Waals surface area contributed by atoms with Crippen LogP contribution >= 0.6 is 15.9 Å². The molecule has 4 heteroatoms. The fourth-order valence-electron chi connectivity index (χ4n) is 1.54. The van der Waals surface area contributed by atoms with E-state index in [4.69, 9.17) is 0 Å². The van der Waals surface area contributed by atoms with Crippen molar-refractivity contribution in [2.45, 2.75) is 6.42 Å². The summed E-state index contributed by atoms with van der Waals surface area (Å²) in [6.45, 7) is 0. The van der Waals surface area contributed by atoms with Crippen molar-refractivity contribution in [3.8, 4) is 0 Å². The maximum Gasteiger partial charge on any atom is 0.171 e. The van der Waals surface area contributed by atoms with Crippen LogP contribution in [0.25, 0.3) is 0 Å². The van der Waals surface area contributed by atoms with Crippen LogP contribution in [0, 0.1) is 5.82 Å². The smallest absolute Gasteiger partial charge is 0.171 e. The van der Waals surface area contributed by atoms with Gasteiger partial charge in [-0.25, -0.2) is 4.39 Å². The van der Waals surface area contributed by atoms with E-state index >= 15 is 0 Å². The molecular weight excluding hydrogens is 285 g/mol. The second-order valence-electron chi connectivity index (χ2n) is 3.56. The van der Waals surface area contributed by atoms with E-state index in [2.05, 4.69) is 20.9 Å². The Bertz CT molecular complexity index is 522. The highest BCUT2D eigenvalue weighted by atomic mass is 79.9. The first-order chi connectivity index (χ1) is 8.18. The molecule has 1 heterocycles. The maximum absolute atomic E-state index is 13.5. The molecule has 2 rings (SSSR count). The molecule has 0 atom stereocenters. The summed E-state index contributed by atoms with van der Waals surface area (Å²) in [6, 6.07) is 8.03. The van der Waals surface area contributed by atoms with Gasteiger partial charge in [-0.3, -0.25) is 9.78 Å². The van der Waals surface area contributed by atoms with Gasteiger partial charge in [0.05, 0.1) is 5.56 Å². The minimum Gasteiger partial charge on any atom is -0.294 e. The lowest BCUT2D eigenvalue weighted by atomic mass is 10.0. The van der Waals surface area contributed by atoms with Crippen molar-refractivity contribution in [3.63, 3.8) is 0 Å². The van der Waals surface area contributed by atoms with E-state index in [0.717, 1.165) is 5.56 Å². The van der Waals surface area contributed by atoms with Gasteiger partial charge in [-0.15, -0.1) is 0 Å². The first-order valence-corrected chi connectivity index (χ1v) is 5.84. The van der Waals surface area contributed by atoms with Crippen molar-refractivity contribution in [2.24, 2.45) is 0 Å². The predicted octanol–water partition coefficient (Wildman–Crippen LogP) is 3.41. The Kier molecular flexibility index (Phi) is 3.64. The van der Waals surface area contributed by atoms with Crippen LogP contribution < -0.4 is 0 Å². The highest BCUT2D eigenvalue weighted by Crippen LogP contribution is 2.21. The molecule has 0 spiro atoms. The molecule has 0 amide bonds. The average molecular weight is 294 g/mol.